The zero-order valence-corrected chi connectivity index (χ0v) is 15.8. The maximum absolute atomic E-state index is 14.7. The van der Waals surface area contributed by atoms with E-state index in [1.54, 1.807) is 25.1 Å². The van der Waals surface area contributed by atoms with Crippen LogP contribution in [0.1, 0.15) is 47.8 Å². The standard InChI is InChI=1S/C20H23FN2O4/c1-12(2)20-17(25)6-5-15(23-20)10-16-13(3)9-18(19(21)14(16)4)26-8-7-22-27-11-24/h5-7,9,11-12,25H,8,10H2,1-4H3. The molecule has 2 aromatic rings. The van der Waals surface area contributed by atoms with Crippen molar-refractivity contribution >= 4 is 12.7 Å². The summed E-state index contributed by atoms with van der Waals surface area (Å²) in [6, 6.07) is 4.98. The molecule has 0 aliphatic rings. The van der Waals surface area contributed by atoms with Crippen LogP contribution < -0.4 is 4.74 Å². The first-order valence-electron chi connectivity index (χ1n) is 8.56. The highest BCUT2D eigenvalue weighted by Gasteiger charge is 2.16. The fourth-order valence-corrected chi connectivity index (χ4v) is 2.78. The molecule has 0 spiro atoms. The van der Waals surface area contributed by atoms with E-state index in [0.29, 0.717) is 17.7 Å². The van der Waals surface area contributed by atoms with Gasteiger partial charge in [0.15, 0.2) is 11.6 Å². The Morgan fingerprint density at radius 2 is 2.07 bits per heavy atom. The van der Waals surface area contributed by atoms with E-state index in [1.807, 2.05) is 20.8 Å². The number of oxime groups is 1. The SMILES string of the molecule is Cc1cc(OCC=NOC=O)c(F)c(C)c1Cc1ccc(O)c(C(C)C)n1. The van der Waals surface area contributed by atoms with Crippen LogP contribution in [0.15, 0.2) is 23.4 Å². The van der Waals surface area contributed by atoms with Gasteiger partial charge < -0.3 is 14.7 Å². The first-order valence-corrected chi connectivity index (χ1v) is 8.56. The lowest BCUT2D eigenvalue weighted by atomic mass is 9.96. The lowest BCUT2D eigenvalue weighted by Crippen LogP contribution is -2.06. The third-order valence-electron chi connectivity index (χ3n) is 4.18. The van der Waals surface area contributed by atoms with Gasteiger partial charge in [-0.1, -0.05) is 19.0 Å². The van der Waals surface area contributed by atoms with Gasteiger partial charge in [0, 0.05) is 12.1 Å². The Balaban J connectivity index is 2.25. The summed E-state index contributed by atoms with van der Waals surface area (Å²) in [7, 11) is 0. The van der Waals surface area contributed by atoms with Gasteiger partial charge in [-0.15, -0.1) is 0 Å². The van der Waals surface area contributed by atoms with Crippen LogP contribution in [0.2, 0.25) is 0 Å². The van der Waals surface area contributed by atoms with Crippen molar-refractivity contribution in [2.75, 3.05) is 6.61 Å². The van der Waals surface area contributed by atoms with Gasteiger partial charge in [-0.25, -0.2) is 4.39 Å². The Kier molecular flexibility index (Phi) is 6.87. The zero-order valence-electron chi connectivity index (χ0n) is 15.8. The molecule has 7 heteroatoms. The van der Waals surface area contributed by atoms with Gasteiger partial charge in [-0.2, -0.15) is 0 Å². The summed E-state index contributed by atoms with van der Waals surface area (Å²) in [5.74, 6) is -0.0992. The quantitative estimate of drug-likeness (QED) is 0.329. The first-order chi connectivity index (χ1) is 12.8. The Hall–Kier alpha value is -2.96. The fourth-order valence-electron chi connectivity index (χ4n) is 2.78. The molecule has 0 amide bonds. The van der Waals surface area contributed by atoms with Crippen LogP contribution in [-0.2, 0) is 16.1 Å². The lowest BCUT2D eigenvalue weighted by molar-refractivity contribution is -0.128. The Labute approximate surface area is 157 Å². The molecular weight excluding hydrogens is 351 g/mol. The summed E-state index contributed by atoms with van der Waals surface area (Å²) in [6.45, 7) is 7.64. The van der Waals surface area contributed by atoms with E-state index in [-0.39, 0.29) is 30.5 Å². The van der Waals surface area contributed by atoms with Crippen molar-refractivity contribution in [3.63, 3.8) is 0 Å². The molecule has 0 saturated heterocycles. The molecule has 144 valence electrons. The molecule has 0 atom stereocenters. The Morgan fingerprint density at radius 1 is 1.33 bits per heavy atom. The number of pyridine rings is 1. The molecule has 0 fully saturated rings. The highest BCUT2D eigenvalue weighted by atomic mass is 19.1. The van der Waals surface area contributed by atoms with Crippen LogP contribution in [-0.4, -0.2) is 29.4 Å². The molecule has 27 heavy (non-hydrogen) atoms. The van der Waals surface area contributed by atoms with E-state index in [9.17, 15) is 14.3 Å². The van der Waals surface area contributed by atoms with Crippen LogP contribution in [0.25, 0.3) is 0 Å². The van der Waals surface area contributed by atoms with Crippen LogP contribution in [0.4, 0.5) is 4.39 Å². The largest absolute Gasteiger partial charge is 0.506 e. The van der Waals surface area contributed by atoms with Crippen molar-refractivity contribution in [3.8, 4) is 11.5 Å². The minimum absolute atomic E-state index is 0.0275. The number of benzene rings is 1. The highest BCUT2D eigenvalue weighted by molar-refractivity contribution is 5.59. The number of aromatic hydroxyl groups is 1. The molecule has 0 unspecified atom stereocenters. The molecule has 0 saturated carbocycles. The molecular formula is C20H23FN2O4. The number of carbonyl (C=O) groups excluding carboxylic acids is 1. The molecule has 1 N–H and O–H groups in total. The van der Waals surface area contributed by atoms with Crippen molar-refractivity contribution in [1.29, 1.82) is 0 Å². The number of halogens is 1. The van der Waals surface area contributed by atoms with Crippen molar-refractivity contribution in [2.45, 2.75) is 40.0 Å². The van der Waals surface area contributed by atoms with E-state index in [1.165, 1.54) is 6.21 Å². The van der Waals surface area contributed by atoms with Crippen molar-refractivity contribution in [2.24, 2.45) is 5.16 Å². The number of rotatable bonds is 8. The van der Waals surface area contributed by atoms with E-state index in [2.05, 4.69) is 15.0 Å². The number of hydrogen-bond donors (Lipinski definition) is 1. The minimum Gasteiger partial charge on any atom is -0.506 e. The van der Waals surface area contributed by atoms with Crippen LogP contribution >= 0.6 is 0 Å². The van der Waals surface area contributed by atoms with Crippen LogP contribution in [0, 0.1) is 19.7 Å². The van der Waals surface area contributed by atoms with Crippen LogP contribution in [0.3, 0.4) is 0 Å². The van der Waals surface area contributed by atoms with Crippen molar-refractivity contribution in [1.82, 2.24) is 4.98 Å². The first kappa shape index (κ1) is 20.4. The summed E-state index contributed by atoms with van der Waals surface area (Å²) in [5, 5.41) is 13.2. The number of hydrogen-bond acceptors (Lipinski definition) is 6. The summed E-state index contributed by atoms with van der Waals surface area (Å²) in [4.78, 5) is 18.7. The minimum atomic E-state index is -0.455. The average molecular weight is 374 g/mol. The number of carbonyl (C=O) groups is 1. The molecule has 6 nitrogen and oxygen atoms in total. The van der Waals surface area contributed by atoms with Crippen LogP contribution in [0.5, 0.6) is 11.5 Å². The maximum Gasteiger partial charge on any atom is 0.323 e. The van der Waals surface area contributed by atoms with E-state index < -0.39 is 5.82 Å². The third kappa shape index (κ3) is 5.03. The second-order valence-electron chi connectivity index (χ2n) is 6.45. The van der Waals surface area contributed by atoms with Gasteiger partial charge in [-0.3, -0.25) is 9.78 Å². The summed E-state index contributed by atoms with van der Waals surface area (Å²) in [5.41, 5.74) is 3.55. The number of aryl methyl sites for hydroxylation is 1. The van der Waals surface area contributed by atoms with Gasteiger partial charge >= 0.3 is 6.47 Å². The van der Waals surface area contributed by atoms with E-state index >= 15 is 0 Å². The second-order valence-corrected chi connectivity index (χ2v) is 6.45. The summed E-state index contributed by atoms with van der Waals surface area (Å²) < 4.78 is 20.0. The average Bonchev–Trinajstić information content (AvgIpc) is 2.63. The second kappa shape index (κ2) is 9.12. The number of nitrogens with zero attached hydrogens (tertiary/aromatic N) is 2. The molecule has 1 aromatic heterocycles. The third-order valence-corrected chi connectivity index (χ3v) is 4.18. The van der Waals surface area contributed by atoms with Gasteiger partial charge in [0.25, 0.3) is 0 Å². The molecule has 0 aliphatic carbocycles. The Morgan fingerprint density at radius 3 is 2.74 bits per heavy atom. The smallest absolute Gasteiger partial charge is 0.323 e. The predicted molar refractivity (Wildman–Crippen MR) is 99.8 cm³/mol. The monoisotopic (exact) mass is 374 g/mol. The van der Waals surface area contributed by atoms with Gasteiger partial charge in [0.1, 0.15) is 12.4 Å². The molecule has 1 aromatic carbocycles. The maximum atomic E-state index is 14.7. The molecule has 1 heterocycles. The fraction of sp³-hybridized carbons (Fsp3) is 0.350. The molecule has 2 rings (SSSR count). The van der Waals surface area contributed by atoms with Gasteiger partial charge in [0.2, 0.25) is 0 Å². The molecule has 0 radical (unpaired) electrons. The van der Waals surface area contributed by atoms with Gasteiger partial charge in [-0.05, 0) is 54.7 Å². The van der Waals surface area contributed by atoms with Crippen molar-refractivity contribution in [3.05, 3.63) is 52.1 Å². The normalized spacial score (nSPS) is 11.2. The number of ether oxygens (including phenoxy) is 1. The topological polar surface area (TPSA) is 81.0 Å². The molecule has 0 bridgehead atoms. The van der Waals surface area contributed by atoms with E-state index in [4.69, 9.17) is 4.74 Å². The lowest BCUT2D eigenvalue weighted by Gasteiger charge is -2.15. The van der Waals surface area contributed by atoms with Crippen molar-refractivity contribution < 1.29 is 23.9 Å². The Bertz CT molecular complexity index is 850. The van der Waals surface area contributed by atoms with Gasteiger partial charge in [0.05, 0.1) is 11.9 Å². The summed E-state index contributed by atoms with van der Waals surface area (Å²) in [6.07, 6.45) is 1.67. The predicted octanol–water partition coefficient (Wildman–Crippen LogP) is 3.79. The molecule has 0 aliphatic heterocycles. The summed E-state index contributed by atoms with van der Waals surface area (Å²) >= 11 is 0. The number of aromatic nitrogens is 1. The highest BCUT2D eigenvalue weighted by Crippen LogP contribution is 2.29. The zero-order chi connectivity index (χ0) is 20.0. The van der Waals surface area contributed by atoms with E-state index in [0.717, 1.165) is 16.8 Å².